The molecule has 0 radical (unpaired) electrons. The van der Waals surface area contributed by atoms with Gasteiger partial charge in [-0.05, 0) is 19.2 Å². The van der Waals surface area contributed by atoms with E-state index in [1.54, 1.807) is 6.07 Å². The first-order valence-electron chi connectivity index (χ1n) is 6.05. The van der Waals surface area contributed by atoms with Crippen molar-refractivity contribution in [3.8, 4) is 0 Å². The predicted molar refractivity (Wildman–Crippen MR) is 80.0 cm³/mol. The standard InChI is InChI=1S/C13H19ClN2OS.ClH/c1-3-16(4-2)9-10-18-13(15-17)11-7-5-6-8-12(11)14;/h5-8,17H,3-4,9-10H2,1-2H3;1H/p-1/b15-13+;. The number of oxime groups is 1. The molecule has 3 nitrogen and oxygen atoms in total. The van der Waals surface area contributed by atoms with Gasteiger partial charge in [-0.3, -0.25) is 0 Å². The highest BCUT2D eigenvalue weighted by atomic mass is 35.5. The third kappa shape index (κ3) is 6.04. The van der Waals surface area contributed by atoms with Crippen molar-refractivity contribution in [3.05, 3.63) is 34.9 Å². The summed E-state index contributed by atoms with van der Waals surface area (Å²) in [6.45, 7) is 7.33. The summed E-state index contributed by atoms with van der Waals surface area (Å²) in [5.74, 6) is 0.881. The fourth-order valence-electron chi connectivity index (χ4n) is 1.61. The maximum Gasteiger partial charge on any atom is 0.144 e. The number of thioether (sulfide) groups is 1. The van der Waals surface area contributed by atoms with Crippen molar-refractivity contribution in [2.24, 2.45) is 5.16 Å². The van der Waals surface area contributed by atoms with Gasteiger partial charge in [0, 0.05) is 17.9 Å². The Labute approximate surface area is 130 Å². The van der Waals surface area contributed by atoms with E-state index in [1.165, 1.54) is 11.8 Å². The Hall–Kier alpha value is -0.420. The van der Waals surface area contributed by atoms with Crippen molar-refractivity contribution in [2.75, 3.05) is 25.4 Å². The minimum atomic E-state index is 0. The molecule has 19 heavy (non-hydrogen) atoms. The summed E-state index contributed by atoms with van der Waals surface area (Å²) >= 11 is 7.60. The van der Waals surface area contributed by atoms with E-state index in [0.717, 1.165) is 31.0 Å². The molecule has 0 spiro atoms. The summed E-state index contributed by atoms with van der Waals surface area (Å²) in [7, 11) is 0. The zero-order chi connectivity index (χ0) is 13.4. The van der Waals surface area contributed by atoms with Gasteiger partial charge in [-0.15, -0.1) is 11.8 Å². The molecule has 1 N–H and O–H groups in total. The molecule has 6 heteroatoms. The molecular formula is C13H19Cl2N2OS-. The first-order valence-corrected chi connectivity index (χ1v) is 7.41. The molecule has 0 saturated carbocycles. The van der Waals surface area contributed by atoms with Gasteiger partial charge in [-0.1, -0.05) is 48.8 Å². The lowest BCUT2D eigenvalue weighted by Crippen LogP contribution is -3.00. The van der Waals surface area contributed by atoms with Crippen molar-refractivity contribution in [1.29, 1.82) is 0 Å². The van der Waals surface area contributed by atoms with Gasteiger partial charge in [0.25, 0.3) is 0 Å². The molecule has 0 saturated heterocycles. The van der Waals surface area contributed by atoms with E-state index in [1.807, 2.05) is 18.2 Å². The first-order chi connectivity index (χ1) is 8.72. The SMILES string of the molecule is CCN(CC)CCS/C(=N/O)c1ccccc1Cl.[Cl-]. The maximum atomic E-state index is 9.08. The smallest absolute Gasteiger partial charge is 0.144 e. The Bertz CT molecular complexity index is 398. The lowest BCUT2D eigenvalue weighted by Gasteiger charge is -2.17. The number of halogens is 2. The van der Waals surface area contributed by atoms with E-state index >= 15 is 0 Å². The number of hydrogen-bond donors (Lipinski definition) is 1. The summed E-state index contributed by atoms with van der Waals surface area (Å²) in [6, 6.07) is 7.41. The molecule has 1 aromatic carbocycles. The Kier molecular flexibility index (Phi) is 10.1. The van der Waals surface area contributed by atoms with Crippen molar-refractivity contribution in [1.82, 2.24) is 4.90 Å². The average molecular weight is 322 g/mol. The molecule has 0 aliphatic heterocycles. The third-order valence-electron chi connectivity index (χ3n) is 2.74. The number of nitrogens with zero attached hydrogens (tertiary/aromatic N) is 2. The van der Waals surface area contributed by atoms with Crippen LogP contribution in [0.15, 0.2) is 29.4 Å². The lowest BCUT2D eigenvalue weighted by atomic mass is 10.2. The van der Waals surface area contributed by atoms with Crippen LogP contribution in [-0.2, 0) is 0 Å². The Morgan fingerprint density at radius 2 is 1.95 bits per heavy atom. The Balaban J connectivity index is 0.00000324. The van der Waals surface area contributed by atoms with E-state index in [9.17, 15) is 0 Å². The van der Waals surface area contributed by atoms with Crippen molar-refractivity contribution < 1.29 is 17.6 Å². The Morgan fingerprint density at radius 1 is 1.32 bits per heavy atom. The molecule has 1 aromatic rings. The topological polar surface area (TPSA) is 35.8 Å². The van der Waals surface area contributed by atoms with Crippen molar-refractivity contribution >= 4 is 28.4 Å². The molecule has 0 aromatic heterocycles. The predicted octanol–water partition coefficient (Wildman–Crippen LogP) is 0.555. The van der Waals surface area contributed by atoms with Gasteiger partial charge in [0.15, 0.2) is 0 Å². The minimum absolute atomic E-state index is 0. The number of rotatable bonds is 6. The summed E-state index contributed by atoms with van der Waals surface area (Å²) in [5.41, 5.74) is 0.784. The first kappa shape index (κ1) is 18.6. The van der Waals surface area contributed by atoms with E-state index < -0.39 is 0 Å². The molecule has 0 amide bonds. The van der Waals surface area contributed by atoms with Gasteiger partial charge >= 0.3 is 0 Å². The van der Waals surface area contributed by atoms with Crippen LogP contribution in [0.4, 0.5) is 0 Å². The van der Waals surface area contributed by atoms with E-state index in [4.69, 9.17) is 16.8 Å². The second-order valence-corrected chi connectivity index (χ2v) is 5.25. The van der Waals surface area contributed by atoms with Gasteiger partial charge in [-0.25, -0.2) is 0 Å². The fraction of sp³-hybridized carbons (Fsp3) is 0.462. The van der Waals surface area contributed by atoms with Crippen LogP contribution in [0.25, 0.3) is 0 Å². The van der Waals surface area contributed by atoms with Gasteiger partial charge in [0.2, 0.25) is 0 Å². The molecule has 0 bridgehead atoms. The van der Waals surface area contributed by atoms with Crippen molar-refractivity contribution in [2.45, 2.75) is 13.8 Å². The van der Waals surface area contributed by atoms with Gasteiger partial charge in [0.1, 0.15) is 5.04 Å². The quantitative estimate of drug-likeness (QED) is 0.360. The summed E-state index contributed by atoms with van der Waals surface area (Å²) in [5, 5.41) is 13.6. The number of benzene rings is 1. The summed E-state index contributed by atoms with van der Waals surface area (Å²) in [4.78, 5) is 2.33. The second-order valence-electron chi connectivity index (χ2n) is 3.76. The average Bonchev–Trinajstić information content (AvgIpc) is 2.40. The Morgan fingerprint density at radius 3 is 2.47 bits per heavy atom. The highest BCUT2D eigenvalue weighted by molar-refractivity contribution is 8.14. The van der Waals surface area contributed by atoms with Crippen LogP contribution in [-0.4, -0.2) is 40.5 Å². The van der Waals surface area contributed by atoms with E-state index in [0.29, 0.717) is 10.1 Å². The lowest BCUT2D eigenvalue weighted by molar-refractivity contribution is -0.00000450. The molecule has 0 aliphatic carbocycles. The van der Waals surface area contributed by atoms with Crippen LogP contribution in [0.5, 0.6) is 0 Å². The van der Waals surface area contributed by atoms with E-state index in [2.05, 4.69) is 23.9 Å². The van der Waals surface area contributed by atoms with Gasteiger partial charge < -0.3 is 22.5 Å². The monoisotopic (exact) mass is 321 g/mol. The fourth-order valence-corrected chi connectivity index (χ4v) is 2.82. The second kappa shape index (κ2) is 10.4. The van der Waals surface area contributed by atoms with Gasteiger partial charge in [0.05, 0.1) is 5.02 Å². The minimum Gasteiger partial charge on any atom is -1.00 e. The zero-order valence-electron chi connectivity index (χ0n) is 11.1. The van der Waals surface area contributed by atoms with Crippen LogP contribution in [0.2, 0.25) is 5.02 Å². The van der Waals surface area contributed by atoms with Gasteiger partial charge in [-0.2, -0.15) is 0 Å². The van der Waals surface area contributed by atoms with Crippen LogP contribution < -0.4 is 12.4 Å². The van der Waals surface area contributed by atoms with Crippen LogP contribution in [0.3, 0.4) is 0 Å². The van der Waals surface area contributed by atoms with Crippen LogP contribution in [0, 0.1) is 0 Å². The highest BCUT2D eigenvalue weighted by Gasteiger charge is 2.09. The molecule has 0 atom stereocenters. The molecule has 1 rings (SSSR count). The molecule has 0 heterocycles. The van der Waals surface area contributed by atoms with Crippen LogP contribution >= 0.6 is 23.4 Å². The van der Waals surface area contributed by atoms with Crippen LogP contribution in [0.1, 0.15) is 19.4 Å². The van der Waals surface area contributed by atoms with Crippen molar-refractivity contribution in [3.63, 3.8) is 0 Å². The highest BCUT2D eigenvalue weighted by Crippen LogP contribution is 2.21. The molecule has 0 fully saturated rings. The largest absolute Gasteiger partial charge is 1.00 e. The molecule has 108 valence electrons. The third-order valence-corrected chi connectivity index (χ3v) is 4.03. The number of hydrogen-bond acceptors (Lipinski definition) is 4. The summed E-state index contributed by atoms with van der Waals surface area (Å²) in [6.07, 6.45) is 0. The molecule has 0 unspecified atom stereocenters. The molecular weight excluding hydrogens is 303 g/mol. The van der Waals surface area contributed by atoms with E-state index in [-0.39, 0.29) is 12.4 Å². The normalized spacial score (nSPS) is 11.5. The zero-order valence-corrected chi connectivity index (χ0v) is 13.5. The summed E-state index contributed by atoms with van der Waals surface area (Å²) < 4.78 is 0. The molecule has 0 aliphatic rings. The maximum absolute atomic E-state index is 9.08.